The molecule has 0 radical (unpaired) electrons. The molecule has 1 saturated carbocycles. The van der Waals surface area contributed by atoms with Crippen LogP contribution in [0.4, 0.5) is 0 Å². The summed E-state index contributed by atoms with van der Waals surface area (Å²) in [7, 11) is 0. The van der Waals surface area contributed by atoms with Gasteiger partial charge in [-0.25, -0.2) is 9.97 Å². The molecule has 0 amide bonds. The van der Waals surface area contributed by atoms with Gasteiger partial charge in [0.15, 0.2) is 0 Å². The Bertz CT molecular complexity index is 361. The minimum atomic E-state index is 0.565. The maximum atomic E-state index is 4.52. The molecule has 0 atom stereocenters. The normalized spacial score (nSPS) is 22.4. The lowest BCUT2D eigenvalue weighted by atomic mass is 9.97. The van der Waals surface area contributed by atoms with E-state index in [1.54, 1.807) is 0 Å². The largest absolute Gasteiger partial charge is 0.299 e. The molecule has 16 heavy (non-hydrogen) atoms. The Labute approximate surface area is 96.9 Å². The van der Waals surface area contributed by atoms with Crippen molar-refractivity contribution >= 4 is 0 Å². The Morgan fingerprint density at radius 3 is 2.25 bits per heavy atom. The van der Waals surface area contributed by atoms with E-state index in [1.165, 1.54) is 18.4 Å². The third-order valence-corrected chi connectivity index (χ3v) is 3.75. The standard InChI is InChI=1S/C13H19N3/c1-9(2)16-7-12(8-16)13-14-5-11(6-15-13)10-3-4-10/h5-6,9-10,12H,3-4,7-8H2,1-2H3. The molecule has 3 nitrogen and oxygen atoms in total. The van der Waals surface area contributed by atoms with Crippen LogP contribution in [0, 0.1) is 0 Å². The first kappa shape index (κ1) is 10.2. The second kappa shape index (κ2) is 3.81. The average molecular weight is 217 g/mol. The molecule has 0 N–H and O–H groups in total. The molecule has 0 aromatic carbocycles. The maximum Gasteiger partial charge on any atom is 0.133 e. The van der Waals surface area contributed by atoms with Crippen LogP contribution in [0.2, 0.25) is 0 Å². The van der Waals surface area contributed by atoms with Crippen molar-refractivity contribution in [1.29, 1.82) is 0 Å². The van der Waals surface area contributed by atoms with E-state index in [-0.39, 0.29) is 0 Å². The number of hydrogen-bond donors (Lipinski definition) is 0. The predicted octanol–water partition coefficient (Wildman–Crippen LogP) is 2.16. The topological polar surface area (TPSA) is 29.0 Å². The zero-order valence-electron chi connectivity index (χ0n) is 10.1. The second-order valence-electron chi connectivity index (χ2n) is 5.39. The van der Waals surface area contributed by atoms with Crippen LogP contribution in [-0.2, 0) is 0 Å². The maximum absolute atomic E-state index is 4.52. The number of nitrogens with zero attached hydrogens (tertiary/aromatic N) is 3. The van der Waals surface area contributed by atoms with Gasteiger partial charge in [0.25, 0.3) is 0 Å². The highest BCUT2D eigenvalue weighted by Gasteiger charge is 2.32. The summed E-state index contributed by atoms with van der Waals surface area (Å²) in [6.07, 6.45) is 6.73. The van der Waals surface area contributed by atoms with E-state index in [4.69, 9.17) is 0 Å². The third-order valence-electron chi connectivity index (χ3n) is 3.75. The van der Waals surface area contributed by atoms with E-state index >= 15 is 0 Å². The first-order valence-electron chi connectivity index (χ1n) is 6.30. The van der Waals surface area contributed by atoms with Gasteiger partial charge in [-0.15, -0.1) is 0 Å². The molecule has 86 valence electrons. The molecule has 0 spiro atoms. The van der Waals surface area contributed by atoms with Crippen molar-refractivity contribution in [2.24, 2.45) is 0 Å². The molecule has 1 aliphatic heterocycles. The Balaban J connectivity index is 1.63. The summed E-state index contributed by atoms with van der Waals surface area (Å²) in [5.41, 5.74) is 1.34. The van der Waals surface area contributed by atoms with Crippen LogP contribution < -0.4 is 0 Å². The first-order valence-corrected chi connectivity index (χ1v) is 6.30. The van der Waals surface area contributed by atoms with Gasteiger partial charge in [0.05, 0.1) is 0 Å². The molecule has 1 aromatic rings. The molecule has 1 aromatic heterocycles. The minimum absolute atomic E-state index is 0.565. The summed E-state index contributed by atoms with van der Waals surface area (Å²) in [6.45, 7) is 6.74. The summed E-state index contributed by atoms with van der Waals surface area (Å²) in [6, 6.07) is 0.655. The molecule has 2 aliphatic rings. The molecular weight excluding hydrogens is 198 g/mol. The van der Waals surface area contributed by atoms with Crippen molar-refractivity contribution in [2.75, 3.05) is 13.1 Å². The van der Waals surface area contributed by atoms with Gasteiger partial charge in [-0.1, -0.05) is 0 Å². The van der Waals surface area contributed by atoms with E-state index in [0.717, 1.165) is 24.8 Å². The Kier molecular flexibility index (Phi) is 2.43. The van der Waals surface area contributed by atoms with Crippen LogP contribution in [0.25, 0.3) is 0 Å². The van der Waals surface area contributed by atoms with Gasteiger partial charge in [0, 0.05) is 37.4 Å². The molecular formula is C13H19N3. The van der Waals surface area contributed by atoms with E-state index < -0.39 is 0 Å². The zero-order chi connectivity index (χ0) is 11.1. The van der Waals surface area contributed by atoms with Crippen LogP contribution in [0.3, 0.4) is 0 Å². The van der Waals surface area contributed by atoms with Crippen molar-refractivity contribution in [3.05, 3.63) is 23.8 Å². The van der Waals surface area contributed by atoms with Crippen molar-refractivity contribution < 1.29 is 0 Å². The molecule has 3 rings (SSSR count). The number of aromatic nitrogens is 2. The quantitative estimate of drug-likeness (QED) is 0.777. The minimum Gasteiger partial charge on any atom is -0.299 e. The Morgan fingerprint density at radius 2 is 1.75 bits per heavy atom. The lowest BCUT2D eigenvalue weighted by Crippen LogP contribution is -2.49. The monoisotopic (exact) mass is 217 g/mol. The van der Waals surface area contributed by atoms with Crippen LogP contribution in [0.5, 0.6) is 0 Å². The number of hydrogen-bond acceptors (Lipinski definition) is 3. The lowest BCUT2D eigenvalue weighted by molar-refractivity contribution is 0.105. The number of likely N-dealkylation sites (tertiary alicyclic amines) is 1. The van der Waals surface area contributed by atoms with Crippen molar-refractivity contribution in [2.45, 2.75) is 44.6 Å². The van der Waals surface area contributed by atoms with Gasteiger partial charge < -0.3 is 0 Å². The van der Waals surface area contributed by atoms with Gasteiger partial charge in [0.2, 0.25) is 0 Å². The highest BCUT2D eigenvalue weighted by Crippen LogP contribution is 2.39. The van der Waals surface area contributed by atoms with Crippen molar-refractivity contribution in [3.63, 3.8) is 0 Å². The van der Waals surface area contributed by atoms with Crippen molar-refractivity contribution in [3.8, 4) is 0 Å². The second-order valence-corrected chi connectivity index (χ2v) is 5.39. The average Bonchev–Trinajstić information content (AvgIpc) is 2.99. The van der Waals surface area contributed by atoms with Crippen LogP contribution in [0.1, 0.15) is 49.9 Å². The first-order chi connectivity index (χ1) is 7.74. The van der Waals surface area contributed by atoms with E-state index in [9.17, 15) is 0 Å². The lowest BCUT2D eigenvalue weighted by Gasteiger charge is -2.41. The van der Waals surface area contributed by atoms with E-state index in [0.29, 0.717) is 12.0 Å². The number of rotatable bonds is 3. The van der Waals surface area contributed by atoms with Gasteiger partial charge in [-0.3, -0.25) is 4.90 Å². The van der Waals surface area contributed by atoms with Crippen molar-refractivity contribution in [1.82, 2.24) is 14.9 Å². The van der Waals surface area contributed by atoms with Gasteiger partial charge >= 0.3 is 0 Å². The molecule has 3 heteroatoms. The molecule has 0 bridgehead atoms. The molecule has 2 heterocycles. The highest BCUT2D eigenvalue weighted by atomic mass is 15.2. The Hall–Kier alpha value is -0.960. The fourth-order valence-electron chi connectivity index (χ4n) is 2.28. The van der Waals surface area contributed by atoms with Crippen LogP contribution in [-0.4, -0.2) is 34.0 Å². The molecule has 0 unspecified atom stereocenters. The van der Waals surface area contributed by atoms with Gasteiger partial charge in [-0.05, 0) is 38.2 Å². The molecule has 2 fully saturated rings. The fourth-order valence-corrected chi connectivity index (χ4v) is 2.28. The summed E-state index contributed by atoms with van der Waals surface area (Å²) in [4.78, 5) is 11.5. The summed E-state index contributed by atoms with van der Waals surface area (Å²) in [5, 5.41) is 0. The summed E-state index contributed by atoms with van der Waals surface area (Å²) in [5.74, 6) is 2.37. The van der Waals surface area contributed by atoms with E-state index in [1.807, 2.05) is 12.4 Å². The molecule has 1 aliphatic carbocycles. The predicted molar refractivity (Wildman–Crippen MR) is 63.5 cm³/mol. The zero-order valence-corrected chi connectivity index (χ0v) is 10.1. The van der Waals surface area contributed by atoms with E-state index in [2.05, 4.69) is 28.7 Å². The highest BCUT2D eigenvalue weighted by molar-refractivity contribution is 5.18. The Morgan fingerprint density at radius 1 is 1.12 bits per heavy atom. The summed E-state index contributed by atoms with van der Waals surface area (Å²) >= 11 is 0. The third kappa shape index (κ3) is 1.84. The van der Waals surface area contributed by atoms with Crippen LogP contribution in [0.15, 0.2) is 12.4 Å². The van der Waals surface area contributed by atoms with Crippen LogP contribution >= 0.6 is 0 Å². The van der Waals surface area contributed by atoms with Gasteiger partial charge in [0.1, 0.15) is 5.82 Å². The molecule has 1 saturated heterocycles. The summed E-state index contributed by atoms with van der Waals surface area (Å²) < 4.78 is 0. The SMILES string of the molecule is CC(C)N1CC(c2ncc(C3CC3)cn2)C1. The van der Waals surface area contributed by atoms with Gasteiger partial charge in [-0.2, -0.15) is 0 Å². The fraction of sp³-hybridized carbons (Fsp3) is 0.692. The smallest absolute Gasteiger partial charge is 0.133 e.